The number of nitrogens with one attached hydrogen (secondary N) is 1. The number of nitrogens with zero attached hydrogens (tertiary/aromatic N) is 1. The molecule has 0 saturated carbocycles. The van der Waals surface area contributed by atoms with Gasteiger partial charge in [0, 0.05) is 16.6 Å². The molecule has 0 fully saturated rings. The Morgan fingerprint density at radius 1 is 1.15 bits per heavy atom. The van der Waals surface area contributed by atoms with Crippen molar-refractivity contribution in [2.45, 2.75) is 6.42 Å². The molecule has 0 aliphatic rings. The highest BCUT2D eigenvalue weighted by molar-refractivity contribution is 6.35. The molecular weight excluding hydrogens is 387 g/mol. The van der Waals surface area contributed by atoms with E-state index in [9.17, 15) is 10.1 Å². The van der Waals surface area contributed by atoms with Gasteiger partial charge in [0.1, 0.15) is 11.6 Å². The SMILES string of the molecule is COc1ccc(CCNC(=O)C(C#N)=Cc2ccc(Cl)cc2Cl)cc1OC. The zero-order valence-electron chi connectivity index (χ0n) is 14.9. The molecule has 1 N–H and O–H groups in total. The lowest BCUT2D eigenvalue weighted by Gasteiger charge is -2.10. The minimum Gasteiger partial charge on any atom is -0.493 e. The molecule has 0 heterocycles. The summed E-state index contributed by atoms with van der Waals surface area (Å²) in [5.41, 5.74) is 1.48. The van der Waals surface area contributed by atoms with Gasteiger partial charge in [-0.05, 0) is 47.9 Å². The number of ether oxygens (including phenoxy) is 2. The number of rotatable bonds is 7. The summed E-state index contributed by atoms with van der Waals surface area (Å²) in [6.07, 6.45) is 2.01. The molecule has 5 nitrogen and oxygen atoms in total. The lowest BCUT2D eigenvalue weighted by molar-refractivity contribution is -0.117. The molecule has 0 saturated heterocycles. The Balaban J connectivity index is 2.01. The van der Waals surface area contributed by atoms with Gasteiger partial charge in [0.25, 0.3) is 5.91 Å². The Bertz CT molecular complexity index is 905. The number of amides is 1. The molecule has 0 aliphatic carbocycles. The summed E-state index contributed by atoms with van der Waals surface area (Å²) in [4.78, 5) is 12.3. The number of halogens is 2. The highest BCUT2D eigenvalue weighted by atomic mass is 35.5. The van der Waals surface area contributed by atoms with Crippen molar-refractivity contribution in [1.29, 1.82) is 5.26 Å². The molecule has 0 spiro atoms. The first-order chi connectivity index (χ1) is 13.0. The van der Waals surface area contributed by atoms with Gasteiger partial charge in [0.2, 0.25) is 0 Å². The smallest absolute Gasteiger partial charge is 0.261 e. The van der Waals surface area contributed by atoms with Gasteiger partial charge in [-0.15, -0.1) is 0 Å². The second kappa shape index (κ2) is 9.86. The maximum atomic E-state index is 12.3. The van der Waals surface area contributed by atoms with E-state index in [4.69, 9.17) is 32.7 Å². The van der Waals surface area contributed by atoms with Crippen LogP contribution in [0.2, 0.25) is 10.0 Å². The van der Waals surface area contributed by atoms with Crippen molar-refractivity contribution < 1.29 is 14.3 Å². The average molecular weight is 405 g/mol. The van der Waals surface area contributed by atoms with Crippen LogP contribution in [0.5, 0.6) is 11.5 Å². The summed E-state index contributed by atoms with van der Waals surface area (Å²) in [5, 5.41) is 12.8. The molecule has 0 aromatic heterocycles. The number of methoxy groups -OCH3 is 2. The van der Waals surface area contributed by atoms with Crippen LogP contribution in [0.15, 0.2) is 42.0 Å². The zero-order valence-corrected chi connectivity index (χ0v) is 16.4. The summed E-state index contributed by atoms with van der Waals surface area (Å²) in [7, 11) is 3.13. The van der Waals surface area contributed by atoms with E-state index in [1.807, 2.05) is 18.2 Å². The molecular formula is C20H18Cl2N2O3. The first-order valence-electron chi connectivity index (χ1n) is 8.04. The van der Waals surface area contributed by atoms with Gasteiger partial charge in [-0.3, -0.25) is 4.79 Å². The third-order valence-electron chi connectivity index (χ3n) is 3.77. The molecule has 2 rings (SSSR count). The van der Waals surface area contributed by atoms with Crippen LogP contribution in [0, 0.1) is 11.3 Å². The molecule has 0 unspecified atom stereocenters. The Morgan fingerprint density at radius 2 is 1.89 bits per heavy atom. The quantitative estimate of drug-likeness (QED) is 0.552. The van der Waals surface area contributed by atoms with Crippen LogP contribution in [-0.2, 0) is 11.2 Å². The first-order valence-corrected chi connectivity index (χ1v) is 8.80. The van der Waals surface area contributed by atoms with Crippen molar-refractivity contribution in [2.75, 3.05) is 20.8 Å². The van der Waals surface area contributed by atoms with Gasteiger partial charge in [0.15, 0.2) is 11.5 Å². The average Bonchev–Trinajstić information content (AvgIpc) is 2.67. The van der Waals surface area contributed by atoms with Gasteiger partial charge in [-0.2, -0.15) is 5.26 Å². The van der Waals surface area contributed by atoms with Crippen LogP contribution in [-0.4, -0.2) is 26.7 Å². The molecule has 0 radical (unpaired) electrons. The normalized spacial score (nSPS) is 10.9. The van der Waals surface area contributed by atoms with E-state index >= 15 is 0 Å². The lowest BCUT2D eigenvalue weighted by atomic mass is 10.1. The number of carbonyl (C=O) groups is 1. The third kappa shape index (κ3) is 5.65. The minimum atomic E-state index is -0.469. The maximum absolute atomic E-state index is 12.3. The minimum absolute atomic E-state index is 0.0356. The Kier molecular flexibility index (Phi) is 7.54. The topological polar surface area (TPSA) is 71.3 Å². The van der Waals surface area contributed by atoms with E-state index in [0.717, 1.165) is 5.56 Å². The molecule has 0 bridgehead atoms. The zero-order chi connectivity index (χ0) is 19.8. The van der Waals surface area contributed by atoms with Gasteiger partial charge >= 0.3 is 0 Å². The maximum Gasteiger partial charge on any atom is 0.261 e. The molecule has 2 aromatic rings. The molecule has 1 amide bonds. The Hall–Kier alpha value is -2.68. The van der Waals surface area contributed by atoms with Gasteiger partial charge in [0.05, 0.1) is 14.2 Å². The fourth-order valence-corrected chi connectivity index (χ4v) is 2.84. The van der Waals surface area contributed by atoms with Crippen LogP contribution in [0.1, 0.15) is 11.1 Å². The van der Waals surface area contributed by atoms with Gasteiger partial charge in [-0.1, -0.05) is 35.3 Å². The van der Waals surface area contributed by atoms with Crippen LogP contribution >= 0.6 is 23.2 Å². The predicted molar refractivity (Wildman–Crippen MR) is 106 cm³/mol. The van der Waals surface area contributed by atoms with Crippen molar-refractivity contribution in [1.82, 2.24) is 5.32 Å². The van der Waals surface area contributed by atoms with Crippen molar-refractivity contribution in [3.05, 3.63) is 63.1 Å². The van der Waals surface area contributed by atoms with E-state index in [1.54, 1.807) is 38.5 Å². The predicted octanol–water partition coefficient (Wildman–Crippen LogP) is 4.28. The van der Waals surface area contributed by atoms with E-state index < -0.39 is 5.91 Å². The van der Waals surface area contributed by atoms with Crippen LogP contribution < -0.4 is 14.8 Å². The van der Waals surface area contributed by atoms with E-state index in [1.165, 1.54) is 6.08 Å². The van der Waals surface area contributed by atoms with Crippen LogP contribution in [0.25, 0.3) is 6.08 Å². The van der Waals surface area contributed by atoms with E-state index in [0.29, 0.717) is 40.1 Å². The van der Waals surface area contributed by atoms with Crippen LogP contribution in [0.4, 0.5) is 0 Å². The molecule has 0 aliphatic heterocycles. The van der Waals surface area contributed by atoms with Crippen molar-refractivity contribution in [3.8, 4) is 17.6 Å². The summed E-state index contributed by atoms with van der Waals surface area (Å²) in [6, 6.07) is 12.3. The lowest BCUT2D eigenvalue weighted by Crippen LogP contribution is -2.26. The first kappa shape index (κ1) is 20.6. The number of hydrogen-bond acceptors (Lipinski definition) is 4. The fraction of sp³-hybridized carbons (Fsp3) is 0.200. The summed E-state index contributed by atoms with van der Waals surface area (Å²) in [6.45, 7) is 0.363. The fourth-order valence-electron chi connectivity index (χ4n) is 2.37. The molecule has 140 valence electrons. The second-order valence-corrected chi connectivity index (χ2v) is 6.37. The highest BCUT2D eigenvalue weighted by Gasteiger charge is 2.11. The molecule has 7 heteroatoms. The highest BCUT2D eigenvalue weighted by Crippen LogP contribution is 2.27. The largest absolute Gasteiger partial charge is 0.493 e. The number of benzene rings is 2. The monoisotopic (exact) mass is 404 g/mol. The van der Waals surface area contributed by atoms with Gasteiger partial charge in [-0.25, -0.2) is 0 Å². The molecule has 0 atom stereocenters. The third-order valence-corrected chi connectivity index (χ3v) is 4.34. The van der Waals surface area contributed by atoms with Crippen molar-refractivity contribution in [2.24, 2.45) is 0 Å². The summed E-state index contributed by atoms with van der Waals surface area (Å²) < 4.78 is 10.5. The number of hydrogen-bond donors (Lipinski definition) is 1. The van der Waals surface area contributed by atoms with E-state index in [2.05, 4.69) is 5.32 Å². The van der Waals surface area contributed by atoms with Crippen molar-refractivity contribution >= 4 is 35.2 Å². The number of nitriles is 1. The molecule has 27 heavy (non-hydrogen) atoms. The van der Waals surface area contributed by atoms with Crippen molar-refractivity contribution in [3.63, 3.8) is 0 Å². The Labute approximate surface area is 168 Å². The van der Waals surface area contributed by atoms with Crippen LogP contribution in [0.3, 0.4) is 0 Å². The van der Waals surface area contributed by atoms with Gasteiger partial charge < -0.3 is 14.8 Å². The Morgan fingerprint density at radius 3 is 2.52 bits per heavy atom. The standard InChI is InChI=1S/C20H18Cl2N2O3/c1-26-18-6-3-13(9-19(18)27-2)7-8-24-20(25)15(12-23)10-14-4-5-16(21)11-17(14)22/h3-6,9-11H,7-8H2,1-2H3,(H,24,25). The van der Waals surface area contributed by atoms with E-state index in [-0.39, 0.29) is 5.57 Å². The number of carbonyl (C=O) groups excluding carboxylic acids is 1. The summed E-state index contributed by atoms with van der Waals surface area (Å²) in [5.74, 6) is 0.792. The summed E-state index contributed by atoms with van der Waals surface area (Å²) >= 11 is 11.9. The second-order valence-electron chi connectivity index (χ2n) is 5.53. The molecule has 2 aromatic carbocycles.